The largest absolute Gasteiger partial charge is 0.444 e. The smallest absolute Gasteiger partial charge is 0.408 e. The first-order valence-electron chi connectivity index (χ1n) is 9.77. The fraction of sp³-hybridized carbons (Fsp3) is 0.273. The molecule has 0 aliphatic rings. The van der Waals surface area contributed by atoms with Crippen LogP contribution in [-0.4, -0.2) is 40.0 Å². The lowest BCUT2D eigenvalue weighted by atomic mass is 10.1. The summed E-state index contributed by atoms with van der Waals surface area (Å²) in [5.74, 6) is -0.654. The predicted molar refractivity (Wildman–Crippen MR) is 117 cm³/mol. The van der Waals surface area contributed by atoms with Gasteiger partial charge in [-0.25, -0.2) is 9.78 Å². The van der Waals surface area contributed by atoms with Crippen molar-refractivity contribution in [2.24, 2.45) is 0 Å². The number of alkyl carbamates (subject to hydrolysis) is 1. The van der Waals surface area contributed by atoms with Crippen molar-refractivity contribution in [3.63, 3.8) is 0 Å². The number of carbonyl (C=O) groups excluding carboxylic acids is 3. The zero-order valence-electron chi connectivity index (χ0n) is 17.6. The number of hydrogen-bond donors (Lipinski definition) is 4. The highest BCUT2D eigenvalue weighted by Gasteiger charge is 2.17. The molecule has 0 saturated carbocycles. The Kier molecular flexibility index (Phi) is 6.54. The number of ether oxygens (including phenoxy) is 1. The van der Waals surface area contributed by atoms with Crippen LogP contribution in [0.3, 0.4) is 0 Å². The predicted octanol–water partition coefficient (Wildman–Crippen LogP) is 2.96. The van der Waals surface area contributed by atoms with Gasteiger partial charge >= 0.3 is 6.09 Å². The topological polar surface area (TPSA) is 125 Å². The number of aromatic nitrogens is 2. The number of hydrogen-bond acceptors (Lipinski definition) is 5. The van der Waals surface area contributed by atoms with Crippen LogP contribution in [0.4, 0.5) is 10.5 Å². The number of amides is 3. The summed E-state index contributed by atoms with van der Waals surface area (Å²) in [5.41, 5.74) is 2.70. The molecule has 0 fully saturated rings. The van der Waals surface area contributed by atoms with Crippen LogP contribution in [0.15, 0.2) is 48.8 Å². The molecule has 4 N–H and O–H groups in total. The summed E-state index contributed by atoms with van der Waals surface area (Å²) < 4.78 is 5.09. The van der Waals surface area contributed by atoms with Crippen molar-refractivity contribution in [1.82, 2.24) is 20.6 Å². The molecule has 0 atom stereocenters. The van der Waals surface area contributed by atoms with E-state index in [1.807, 2.05) is 6.07 Å². The maximum Gasteiger partial charge on any atom is 0.408 e. The van der Waals surface area contributed by atoms with Crippen LogP contribution in [0, 0.1) is 0 Å². The summed E-state index contributed by atoms with van der Waals surface area (Å²) in [4.78, 5) is 43.5. The molecule has 0 radical (unpaired) electrons. The van der Waals surface area contributed by atoms with Crippen LogP contribution >= 0.6 is 0 Å². The van der Waals surface area contributed by atoms with Gasteiger partial charge in [-0.15, -0.1) is 0 Å². The number of imidazole rings is 1. The summed E-state index contributed by atoms with van der Waals surface area (Å²) in [7, 11) is 0. The molecule has 3 amide bonds. The number of nitrogens with zero attached hydrogens (tertiary/aromatic N) is 1. The van der Waals surface area contributed by atoms with Gasteiger partial charge in [-0.05, 0) is 50.6 Å². The molecule has 0 bridgehead atoms. The van der Waals surface area contributed by atoms with E-state index in [0.717, 1.165) is 16.6 Å². The Balaban J connectivity index is 1.56. The van der Waals surface area contributed by atoms with E-state index in [2.05, 4.69) is 25.9 Å². The lowest BCUT2D eigenvalue weighted by molar-refractivity contribution is -0.120. The molecule has 31 heavy (non-hydrogen) atoms. The van der Waals surface area contributed by atoms with Crippen molar-refractivity contribution >= 4 is 34.6 Å². The van der Waals surface area contributed by atoms with Gasteiger partial charge in [-0.2, -0.15) is 0 Å². The third-order valence-electron chi connectivity index (χ3n) is 4.22. The molecule has 0 unspecified atom stereocenters. The first kappa shape index (κ1) is 21.8. The first-order chi connectivity index (χ1) is 14.7. The van der Waals surface area contributed by atoms with Crippen LogP contribution in [0.1, 0.15) is 36.7 Å². The molecule has 2 aromatic carbocycles. The highest BCUT2D eigenvalue weighted by Crippen LogP contribution is 2.18. The van der Waals surface area contributed by atoms with Crippen LogP contribution in [-0.2, 0) is 16.1 Å². The maximum atomic E-state index is 12.7. The molecule has 1 heterocycles. The zero-order chi connectivity index (χ0) is 22.4. The molecule has 9 nitrogen and oxygen atoms in total. The lowest BCUT2D eigenvalue weighted by Gasteiger charge is -2.19. The molecule has 0 aliphatic carbocycles. The highest BCUT2D eigenvalue weighted by atomic mass is 16.6. The van der Waals surface area contributed by atoms with Gasteiger partial charge in [0.15, 0.2) is 0 Å². The molecule has 9 heteroatoms. The molecule has 0 saturated heterocycles. The van der Waals surface area contributed by atoms with Gasteiger partial charge in [-0.1, -0.05) is 18.2 Å². The summed E-state index contributed by atoms with van der Waals surface area (Å²) in [6, 6.07) is 12.4. The minimum absolute atomic E-state index is 0.185. The first-order valence-corrected chi connectivity index (χ1v) is 9.77. The average Bonchev–Trinajstić information content (AvgIpc) is 3.18. The Morgan fingerprint density at radius 2 is 1.84 bits per heavy atom. The Bertz CT molecular complexity index is 1100. The number of para-hydroxylation sites is 1. The van der Waals surface area contributed by atoms with Crippen LogP contribution in [0.25, 0.3) is 11.0 Å². The number of aromatic amines is 1. The van der Waals surface area contributed by atoms with Crippen molar-refractivity contribution in [2.45, 2.75) is 32.9 Å². The zero-order valence-corrected chi connectivity index (χ0v) is 17.6. The fourth-order valence-electron chi connectivity index (χ4n) is 2.79. The van der Waals surface area contributed by atoms with E-state index in [0.29, 0.717) is 11.3 Å². The summed E-state index contributed by atoms with van der Waals surface area (Å²) >= 11 is 0. The Morgan fingerprint density at radius 1 is 1.06 bits per heavy atom. The highest BCUT2D eigenvalue weighted by molar-refractivity contribution is 6.06. The number of carbonyl (C=O) groups is 3. The van der Waals surface area contributed by atoms with Crippen molar-refractivity contribution in [1.29, 1.82) is 0 Å². The summed E-state index contributed by atoms with van der Waals surface area (Å²) in [6.45, 7) is 5.19. The van der Waals surface area contributed by atoms with Crippen LogP contribution in [0.5, 0.6) is 0 Å². The van der Waals surface area contributed by atoms with E-state index in [1.54, 1.807) is 63.5 Å². The van der Waals surface area contributed by atoms with Crippen molar-refractivity contribution in [2.75, 3.05) is 11.9 Å². The Labute approximate surface area is 179 Å². The van der Waals surface area contributed by atoms with E-state index in [9.17, 15) is 14.4 Å². The number of fused-ring (bicyclic) bond motifs is 1. The Morgan fingerprint density at radius 3 is 2.61 bits per heavy atom. The number of rotatable bonds is 6. The third-order valence-corrected chi connectivity index (χ3v) is 4.22. The lowest BCUT2D eigenvalue weighted by Crippen LogP contribution is -2.39. The van der Waals surface area contributed by atoms with Gasteiger partial charge in [0.2, 0.25) is 5.91 Å². The monoisotopic (exact) mass is 423 g/mol. The van der Waals surface area contributed by atoms with E-state index >= 15 is 0 Å². The van der Waals surface area contributed by atoms with Crippen molar-refractivity contribution < 1.29 is 19.1 Å². The molecule has 0 aliphatic heterocycles. The van der Waals surface area contributed by atoms with Gasteiger partial charge in [0.25, 0.3) is 5.91 Å². The van der Waals surface area contributed by atoms with Crippen molar-refractivity contribution in [3.8, 4) is 0 Å². The quantitative estimate of drug-likeness (QED) is 0.485. The maximum absolute atomic E-state index is 12.7. The number of anilines is 1. The molecular weight excluding hydrogens is 398 g/mol. The minimum atomic E-state index is -0.662. The van der Waals surface area contributed by atoms with Gasteiger partial charge in [0, 0.05) is 17.8 Å². The fourth-order valence-corrected chi connectivity index (χ4v) is 2.79. The van der Waals surface area contributed by atoms with Gasteiger partial charge in [0.1, 0.15) is 12.1 Å². The number of benzene rings is 2. The molecule has 0 spiro atoms. The number of H-pyrrole nitrogens is 1. The second-order valence-corrected chi connectivity index (χ2v) is 7.88. The van der Waals surface area contributed by atoms with E-state index in [-0.39, 0.29) is 24.9 Å². The molecular formula is C22H25N5O4. The molecule has 3 rings (SSSR count). The van der Waals surface area contributed by atoms with Gasteiger partial charge in [-0.3, -0.25) is 9.59 Å². The van der Waals surface area contributed by atoms with Crippen molar-refractivity contribution in [3.05, 3.63) is 59.9 Å². The molecule has 162 valence electrons. The average molecular weight is 423 g/mol. The minimum Gasteiger partial charge on any atom is -0.444 e. The Hall–Kier alpha value is -3.88. The summed E-state index contributed by atoms with van der Waals surface area (Å²) in [5, 5.41) is 7.99. The van der Waals surface area contributed by atoms with Gasteiger partial charge in [0.05, 0.1) is 17.4 Å². The van der Waals surface area contributed by atoms with Gasteiger partial charge < -0.3 is 25.7 Å². The molecule has 3 aromatic rings. The standard InChI is InChI=1S/C22H25N5O4/c1-22(2,3)31-21(30)24-12-19(28)23-11-15-6-4-5-7-16(15)27-20(29)14-8-9-17-18(10-14)26-13-25-17/h4-10,13H,11-12H2,1-3H3,(H,23,28)(H,24,30)(H,25,26)(H,27,29). The SMILES string of the molecule is CC(C)(C)OC(=O)NCC(=O)NCc1ccccc1NC(=O)c1ccc2nc[nH]c2c1. The van der Waals surface area contributed by atoms with E-state index in [4.69, 9.17) is 4.74 Å². The van der Waals surface area contributed by atoms with Crippen LogP contribution in [0.2, 0.25) is 0 Å². The van der Waals surface area contributed by atoms with E-state index in [1.165, 1.54) is 0 Å². The second kappa shape index (κ2) is 9.29. The molecule has 1 aromatic heterocycles. The number of nitrogens with one attached hydrogen (secondary N) is 4. The summed E-state index contributed by atoms with van der Waals surface area (Å²) in [6.07, 6.45) is 0.909. The normalized spacial score (nSPS) is 11.1. The van der Waals surface area contributed by atoms with Crippen LogP contribution < -0.4 is 16.0 Å². The van der Waals surface area contributed by atoms with E-state index < -0.39 is 11.7 Å². The second-order valence-electron chi connectivity index (χ2n) is 7.88. The third kappa shape index (κ3) is 6.30.